The van der Waals surface area contributed by atoms with E-state index in [1.807, 2.05) is 0 Å². The van der Waals surface area contributed by atoms with Gasteiger partial charge < -0.3 is 9.97 Å². The number of rotatable bonds is 4. The number of hydrogen-bond donors (Lipinski definition) is 2. The minimum absolute atomic E-state index is 0.000399. The van der Waals surface area contributed by atoms with Gasteiger partial charge in [0, 0.05) is 44.3 Å². The van der Waals surface area contributed by atoms with Gasteiger partial charge in [-0.3, -0.25) is 0 Å². The monoisotopic (exact) mass is 908 g/mol. The van der Waals surface area contributed by atoms with Gasteiger partial charge in [0.05, 0.1) is 25.5 Å². The highest BCUT2D eigenvalue weighted by molar-refractivity contribution is 6.03. The molecule has 0 atom stereocenters. The van der Waals surface area contributed by atoms with Gasteiger partial charge in [0.1, 0.15) is 11.4 Å². The maximum Gasteiger partial charge on any atom is 0.244 e. The summed E-state index contributed by atoms with van der Waals surface area (Å²) >= 11 is 0. The topological polar surface area (TPSA) is 66.2 Å². The van der Waals surface area contributed by atoms with E-state index in [0.29, 0.717) is 0 Å². The third-order valence-electron chi connectivity index (χ3n) is 14.2. The summed E-state index contributed by atoms with van der Waals surface area (Å²) in [5.41, 5.74) is 23.4. The summed E-state index contributed by atoms with van der Waals surface area (Å²) in [6.07, 6.45) is 6.56. The lowest BCUT2D eigenvalue weighted by Crippen LogP contribution is -2.27. The molecule has 348 valence electrons. The quantitative estimate of drug-likeness (QED) is 0.173. The second-order valence-electron chi connectivity index (χ2n) is 23.4. The molecule has 4 aromatic heterocycles. The molecule has 69 heavy (non-hydrogen) atoms. The molecule has 8 aromatic rings. The standard InChI is InChI=1S/C63H67N6/c1-60(2,3)42-23-15-38(16-24-42)52-46-31-32-47(64-46)53(39-17-25-43(26-18-39)61(4,5)6)49-34-36-51(66-49)55(41-21-29-45(30-22-41)63(10,11)12)57-59-58(68(13)37-69(59)14)56(67-57)54(50-35-33-48(52)65-50)40-19-27-44(28-20-40)62(7,8)9/h15-37,65-66H,1-14H3/q+1. The van der Waals surface area contributed by atoms with Crippen LogP contribution in [-0.2, 0) is 35.8 Å². The van der Waals surface area contributed by atoms with Gasteiger partial charge in [-0.05, 0) is 103 Å². The van der Waals surface area contributed by atoms with Crippen molar-refractivity contribution >= 4 is 34.2 Å². The molecule has 8 bridgehead atoms. The summed E-state index contributed by atoms with van der Waals surface area (Å²) in [7, 11) is 4.28. The Morgan fingerprint density at radius 2 is 0.696 bits per heavy atom. The molecule has 4 aromatic carbocycles. The van der Waals surface area contributed by atoms with Crippen LogP contribution in [0.5, 0.6) is 0 Å². The van der Waals surface area contributed by atoms with E-state index in [9.17, 15) is 0 Å². The van der Waals surface area contributed by atoms with Crippen molar-refractivity contribution in [1.82, 2.24) is 24.5 Å². The Bertz CT molecular complexity index is 3260. The second kappa shape index (κ2) is 16.3. The smallest absolute Gasteiger partial charge is 0.244 e. The molecule has 0 aliphatic carbocycles. The number of imidazole rings is 1. The summed E-state index contributed by atoms with van der Waals surface area (Å²) in [4.78, 5) is 19.5. The van der Waals surface area contributed by atoms with E-state index in [-0.39, 0.29) is 21.7 Å². The Labute approximate surface area is 408 Å². The SMILES string of the molecule is Cn1c[n+](C)c2c1-c1nc-2c(-c2ccc(C(C)(C)C)cc2)c2ccc([nH]2)c(-c2ccc(C(C)(C)C)cc2)c2nc(c(-c3ccc(C(C)(C)C)cc3)c3ccc([nH]3)c1-c1ccc(C(C)(C)C)cc1)C=C2. The molecule has 2 aliphatic heterocycles. The lowest BCUT2D eigenvalue weighted by molar-refractivity contribution is -0.660. The Morgan fingerprint density at radius 1 is 0.391 bits per heavy atom. The van der Waals surface area contributed by atoms with E-state index in [1.54, 1.807) is 0 Å². The van der Waals surface area contributed by atoms with Gasteiger partial charge in [-0.25, -0.2) is 19.1 Å². The molecule has 0 unspecified atom stereocenters. The van der Waals surface area contributed by atoms with Crippen molar-refractivity contribution in [2.45, 2.75) is 105 Å². The van der Waals surface area contributed by atoms with Crippen LogP contribution in [0.15, 0.2) is 128 Å². The summed E-state index contributed by atoms with van der Waals surface area (Å²) < 4.78 is 4.47. The van der Waals surface area contributed by atoms with Crippen LogP contribution < -0.4 is 4.57 Å². The molecule has 10 rings (SSSR count). The van der Waals surface area contributed by atoms with Crippen molar-refractivity contribution in [1.29, 1.82) is 0 Å². The third kappa shape index (κ3) is 8.28. The zero-order valence-corrected chi connectivity index (χ0v) is 43.1. The number of nitrogens with one attached hydrogen (secondary N) is 2. The van der Waals surface area contributed by atoms with Crippen molar-refractivity contribution in [3.63, 3.8) is 0 Å². The van der Waals surface area contributed by atoms with Crippen LogP contribution >= 0.6 is 0 Å². The zero-order valence-electron chi connectivity index (χ0n) is 43.1. The number of aryl methyl sites for hydroxylation is 2. The van der Waals surface area contributed by atoms with E-state index >= 15 is 0 Å². The lowest BCUT2D eigenvalue weighted by atomic mass is 9.86. The predicted octanol–water partition coefficient (Wildman–Crippen LogP) is 15.8. The number of aromatic nitrogens is 6. The van der Waals surface area contributed by atoms with Gasteiger partial charge in [-0.15, -0.1) is 0 Å². The fourth-order valence-corrected chi connectivity index (χ4v) is 10.1. The maximum absolute atomic E-state index is 5.88. The van der Waals surface area contributed by atoms with Gasteiger partial charge in [0.15, 0.2) is 0 Å². The summed E-state index contributed by atoms with van der Waals surface area (Å²) in [6, 6.07) is 45.2. The fourth-order valence-electron chi connectivity index (χ4n) is 10.1. The molecule has 0 saturated heterocycles. The predicted molar refractivity (Wildman–Crippen MR) is 291 cm³/mol. The largest absolute Gasteiger partial charge is 0.354 e. The highest BCUT2D eigenvalue weighted by Crippen LogP contribution is 2.46. The van der Waals surface area contributed by atoms with Crippen LogP contribution in [0.3, 0.4) is 0 Å². The van der Waals surface area contributed by atoms with Crippen LogP contribution in [0.1, 0.15) is 117 Å². The molecule has 6 heterocycles. The van der Waals surface area contributed by atoms with Crippen molar-refractivity contribution in [2.24, 2.45) is 14.1 Å². The molecular formula is C63H67N6+. The molecule has 0 radical (unpaired) electrons. The summed E-state index contributed by atoms with van der Waals surface area (Å²) in [5.74, 6) is 0. The Morgan fingerprint density at radius 3 is 1.03 bits per heavy atom. The molecule has 0 spiro atoms. The fraction of sp³-hybridized carbons (Fsp3) is 0.286. The molecule has 0 amide bonds. The molecule has 6 nitrogen and oxygen atoms in total. The number of H-pyrrole nitrogens is 2. The van der Waals surface area contributed by atoms with E-state index in [2.05, 4.69) is 256 Å². The highest BCUT2D eigenvalue weighted by Gasteiger charge is 2.35. The Kier molecular flexibility index (Phi) is 10.8. The van der Waals surface area contributed by atoms with Gasteiger partial charge in [-0.2, -0.15) is 0 Å². The lowest BCUT2D eigenvalue weighted by Gasteiger charge is -2.19. The third-order valence-corrected chi connectivity index (χ3v) is 14.2. The van der Waals surface area contributed by atoms with Crippen LogP contribution in [0.2, 0.25) is 0 Å². The number of aromatic amines is 2. The van der Waals surface area contributed by atoms with Gasteiger partial charge in [0.25, 0.3) is 0 Å². The van der Waals surface area contributed by atoms with Crippen LogP contribution in [0.25, 0.3) is 102 Å². The second-order valence-corrected chi connectivity index (χ2v) is 23.4. The number of hydrogen-bond acceptors (Lipinski definition) is 2. The summed E-state index contributed by atoms with van der Waals surface area (Å²) in [6.45, 7) is 27.2. The average Bonchev–Trinajstić information content (AvgIpc) is 4.15. The zero-order chi connectivity index (χ0) is 48.9. The Balaban J connectivity index is 1.40. The van der Waals surface area contributed by atoms with Crippen LogP contribution in [0, 0.1) is 0 Å². The van der Waals surface area contributed by atoms with Crippen molar-refractivity contribution < 1.29 is 4.57 Å². The van der Waals surface area contributed by atoms with E-state index in [4.69, 9.17) is 9.97 Å². The first-order valence-electron chi connectivity index (χ1n) is 24.5. The van der Waals surface area contributed by atoms with Gasteiger partial charge >= 0.3 is 0 Å². The average molecular weight is 908 g/mol. The molecule has 2 N–H and O–H groups in total. The molecule has 0 fully saturated rings. The molecule has 6 heteroatoms. The molecule has 0 saturated carbocycles. The number of nitrogens with zero attached hydrogens (tertiary/aromatic N) is 4. The maximum atomic E-state index is 5.88. The van der Waals surface area contributed by atoms with E-state index in [1.165, 1.54) is 22.3 Å². The normalized spacial score (nSPS) is 13.0. The van der Waals surface area contributed by atoms with E-state index in [0.717, 1.165) is 101 Å². The minimum Gasteiger partial charge on any atom is -0.354 e. The van der Waals surface area contributed by atoms with Crippen LogP contribution in [-0.4, -0.2) is 24.5 Å². The van der Waals surface area contributed by atoms with Crippen LogP contribution in [0.4, 0.5) is 0 Å². The molecule has 2 aliphatic rings. The first-order valence-corrected chi connectivity index (χ1v) is 24.5. The van der Waals surface area contributed by atoms with E-state index < -0.39 is 0 Å². The summed E-state index contributed by atoms with van der Waals surface area (Å²) in [5, 5.41) is 0. The Hall–Kier alpha value is -7.05. The molecular weight excluding hydrogens is 841 g/mol. The number of fused-ring (bicyclic) bond motifs is 11. The van der Waals surface area contributed by atoms with Crippen molar-refractivity contribution in [3.8, 4) is 67.3 Å². The van der Waals surface area contributed by atoms with Gasteiger partial charge in [-0.1, -0.05) is 180 Å². The van der Waals surface area contributed by atoms with Gasteiger partial charge in [0.2, 0.25) is 17.7 Å². The highest BCUT2D eigenvalue weighted by atomic mass is 15.1. The first kappa shape index (κ1) is 45.7. The number of benzene rings is 4. The van der Waals surface area contributed by atoms with Crippen molar-refractivity contribution in [2.75, 3.05) is 0 Å². The minimum atomic E-state index is 0.000399. The van der Waals surface area contributed by atoms with Crippen molar-refractivity contribution in [3.05, 3.63) is 161 Å². The first-order chi connectivity index (χ1) is 32.5.